The molecule has 0 aromatic carbocycles. The first kappa shape index (κ1) is 27.4. The molecule has 6 rings (SSSR count). The molecule has 0 amide bonds. The Morgan fingerprint density at radius 1 is 0.868 bits per heavy atom. The second-order valence-corrected chi connectivity index (χ2v) is 14.5. The molecule has 0 bridgehead atoms. The third-order valence-corrected chi connectivity index (χ3v) is 12.9. The first-order valence-corrected chi connectivity index (χ1v) is 14.8. The summed E-state index contributed by atoms with van der Waals surface area (Å²) in [6.07, 6.45) is 1.25. The highest BCUT2D eigenvalue weighted by atomic mass is 16.6. The van der Waals surface area contributed by atoms with Crippen LogP contribution in [0.25, 0.3) is 0 Å². The molecule has 0 aromatic rings. The fourth-order valence-electron chi connectivity index (χ4n) is 10.9. The largest absolute Gasteiger partial charge is 0.460 e. The van der Waals surface area contributed by atoms with E-state index in [4.69, 9.17) is 4.74 Å². The number of carbonyl (C=O) groups excluding carboxylic acids is 1. The van der Waals surface area contributed by atoms with E-state index < -0.39 is 58.0 Å². The van der Waals surface area contributed by atoms with E-state index in [9.17, 15) is 35.4 Å². The molecule has 216 valence electrons. The Labute approximate surface area is 225 Å². The number of aliphatic hydroxyl groups is 6. The van der Waals surface area contributed by atoms with Crippen LogP contribution >= 0.6 is 0 Å². The van der Waals surface area contributed by atoms with E-state index in [1.165, 1.54) is 6.92 Å². The number of hydrogen-bond donors (Lipinski definition) is 6. The Morgan fingerprint density at radius 3 is 2.24 bits per heavy atom. The minimum Gasteiger partial charge on any atom is -0.460 e. The van der Waals surface area contributed by atoms with Crippen LogP contribution in [0.5, 0.6) is 0 Å². The van der Waals surface area contributed by atoms with Gasteiger partial charge < -0.3 is 35.4 Å². The maximum atomic E-state index is 12.6. The van der Waals surface area contributed by atoms with E-state index in [2.05, 4.69) is 18.7 Å². The van der Waals surface area contributed by atoms with Crippen molar-refractivity contribution in [2.75, 3.05) is 13.1 Å². The summed E-state index contributed by atoms with van der Waals surface area (Å²) in [4.78, 5) is 13.8. The number of fused-ring (bicyclic) bond motifs is 8. The first-order valence-electron chi connectivity index (χ1n) is 14.8. The Morgan fingerprint density at radius 2 is 1.55 bits per heavy atom. The maximum Gasteiger partial charge on any atom is 0.302 e. The Hall–Kier alpha value is -0.810. The Balaban J connectivity index is 1.38. The third-order valence-electron chi connectivity index (χ3n) is 12.9. The van der Waals surface area contributed by atoms with Crippen LogP contribution in [0.2, 0.25) is 0 Å². The van der Waals surface area contributed by atoms with Crippen LogP contribution in [0.15, 0.2) is 0 Å². The summed E-state index contributed by atoms with van der Waals surface area (Å²) in [5.41, 5.74) is -7.36. The number of rotatable bonds is 1. The van der Waals surface area contributed by atoms with Crippen molar-refractivity contribution in [1.29, 1.82) is 0 Å². The molecule has 6 aliphatic rings. The maximum absolute atomic E-state index is 12.6. The quantitative estimate of drug-likeness (QED) is 0.264. The van der Waals surface area contributed by atoms with E-state index in [1.54, 1.807) is 6.92 Å². The van der Waals surface area contributed by atoms with Crippen molar-refractivity contribution >= 4 is 5.97 Å². The van der Waals surface area contributed by atoms with Crippen LogP contribution < -0.4 is 0 Å². The molecular weight excluding hydrogens is 490 g/mol. The van der Waals surface area contributed by atoms with Gasteiger partial charge in [0.05, 0.1) is 17.8 Å². The molecule has 1 unspecified atom stereocenters. The molecule has 14 atom stereocenters. The molecular formula is C29H47NO8. The van der Waals surface area contributed by atoms with Gasteiger partial charge in [-0.2, -0.15) is 0 Å². The van der Waals surface area contributed by atoms with Crippen molar-refractivity contribution in [2.24, 2.45) is 35.0 Å². The number of ether oxygens (including phenoxy) is 1. The zero-order chi connectivity index (χ0) is 27.6. The lowest BCUT2D eigenvalue weighted by atomic mass is 9.49. The van der Waals surface area contributed by atoms with Crippen molar-refractivity contribution in [1.82, 2.24) is 4.90 Å². The molecule has 6 N–H and O–H groups in total. The van der Waals surface area contributed by atoms with E-state index >= 15 is 0 Å². The van der Waals surface area contributed by atoms with Crippen molar-refractivity contribution in [3.63, 3.8) is 0 Å². The zero-order valence-electron chi connectivity index (χ0n) is 23.2. The van der Waals surface area contributed by atoms with Gasteiger partial charge in [-0.05, 0) is 81.0 Å². The van der Waals surface area contributed by atoms with Crippen molar-refractivity contribution in [3.05, 3.63) is 0 Å². The predicted octanol–water partition coefficient (Wildman–Crippen LogP) is 0.564. The lowest BCUT2D eigenvalue weighted by molar-refractivity contribution is -0.354. The highest BCUT2D eigenvalue weighted by molar-refractivity contribution is 5.66. The van der Waals surface area contributed by atoms with Crippen LogP contribution in [-0.4, -0.2) is 101 Å². The molecule has 9 nitrogen and oxygen atoms in total. The number of carbonyl (C=O) groups is 1. The van der Waals surface area contributed by atoms with Crippen molar-refractivity contribution in [3.8, 4) is 0 Å². The Bertz CT molecular complexity index is 992. The summed E-state index contributed by atoms with van der Waals surface area (Å²) in [5.74, 6) is -1.55. The van der Waals surface area contributed by atoms with Gasteiger partial charge in [0.1, 0.15) is 22.9 Å². The molecule has 2 heterocycles. The molecule has 0 radical (unpaired) electrons. The van der Waals surface area contributed by atoms with E-state index in [0.29, 0.717) is 44.6 Å². The number of piperidine rings is 2. The number of nitrogens with zero attached hydrogens (tertiary/aromatic N) is 1. The summed E-state index contributed by atoms with van der Waals surface area (Å²) < 4.78 is 5.44. The molecule has 6 fully saturated rings. The number of aliphatic hydroxyl groups excluding tert-OH is 2. The van der Waals surface area contributed by atoms with Crippen LogP contribution in [0, 0.1) is 35.0 Å². The Kier molecular flexibility index (Phi) is 6.02. The van der Waals surface area contributed by atoms with Gasteiger partial charge in [-0.1, -0.05) is 13.8 Å². The van der Waals surface area contributed by atoms with Gasteiger partial charge in [0.2, 0.25) is 0 Å². The lowest BCUT2D eigenvalue weighted by Gasteiger charge is -2.68. The summed E-state index contributed by atoms with van der Waals surface area (Å²) in [5, 5.41) is 71.9. The molecule has 2 saturated heterocycles. The van der Waals surface area contributed by atoms with Gasteiger partial charge >= 0.3 is 5.97 Å². The highest BCUT2D eigenvalue weighted by Crippen LogP contribution is 2.70. The van der Waals surface area contributed by atoms with Gasteiger partial charge in [0.25, 0.3) is 0 Å². The standard InChI is InChI=1S/C29H47NO8/c1-15-5-8-22-26(4,34)29(37)21(14-30(22)13-15)28(36)11-19-17(27(28,35)12-23(29)32)6-7-18-24(33)20(38-16(2)31)9-10-25(18,19)3/h15,17-24,32-37H,5-14H2,1-4H3/t15-,17+,18+,19-,20-,21-,22-,23-,24-,25-,26?,27+,28+,29-/m0/s1. The van der Waals surface area contributed by atoms with Gasteiger partial charge in [0, 0.05) is 38.4 Å². The van der Waals surface area contributed by atoms with Gasteiger partial charge in [0.15, 0.2) is 0 Å². The SMILES string of the molecule is CC(=O)O[C@H]1CC[C@@]2(C)[C@H](CC[C@@H]3[C@@H]2C[C@@]2(O)[C@@H]4CN5C[C@@H](C)CC[C@H]5C(C)(O)[C@@]4(O)[C@@H](O)C[C@@]32O)[C@@H]1O. The lowest BCUT2D eigenvalue weighted by Crippen LogP contribution is -2.85. The molecule has 38 heavy (non-hydrogen) atoms. The summed E-state index contributed by atoms with van der Waals surface area (Å²) in [6.45, 7) is 8.25. The third kappa shape index (κ3) is 3.21. The number of esters is 1. The van der Waals surface area contributed by atoms with Crippen molar-refractivity contribution < 1.29 is 40.2 Å². The van der Waals surface area contributed by atoms with Crippen LogP contribution in [0.4, 0.5) is 0 Å². The second-order valence-electron chi connectivity index (χ2n) is 14.5. The zero-order valence-corrected chi connectivity index (χ0v) is 23.2. The van der Waals surface area contributed by atoms with Gasteiger partial charge in [-0.15, -0.1) is 0 Å². The van der Waals surface area contributed by atoms with Gasteiger partial charge in [-0.25, -0.2) is 0 Å². The van der Waals surface area contributed by atoms with E-state index in [0.717, 1.165) is 13.0 Å². The highest BCUT2D eigenvalue weighted by Gasteiger charge is 2.80. The van der Waals surface area contributed by atoms with Crippen LogP contribution in [0.1, 0.15) is 79.1 Å². The smallest absolute Gasteiger partial charge is 0.302 e. The topological polar surface area (TPSA) is 151 Å². The molecule has 0 aromatic heterocycles. The van der Waals surface area contributed by atoms with Crippen molar-refractivity contribution in [2.45, 2.75) is 126 Å². The van der Waals surface area contributed by atoms with Crippen LogP contribution in [0.3, 0.4) is 0 Å². The van der Waals surface area contributed by atoms with E-state index in [1.807, 2.05) is 0 Å². The minimum atomic E-state index is -1.96. The monoisotopic (exact) mass is 537 g/mol. The summed E-state index contributed by atoms with van der Waals surface area (Å²) in [7, 11) is 0. The average Bonchev–Trinajstić information content (AvgIpc) is 3.06. The minimum absolute atomic E-state index is 0.151. The summed E-state index contributed by atoms with van der Waals surface area (Å²) in [6, 6.07) is -0.332. The predicted molar refractivity (Wildman–Crippen MR) is 137 cm³/mol. The molecule has 9 heteroatoms. The first-order chi connectivity index (χ1) is 17.6. The van der Waals surface area contributed by atoms with Crippen LogP contribution in [-0.2, 0) is 9.53 Å². The number of hydrogen-bond acceptors (Lipinski definition) is 9. The molecule has 4 saturated carbocycles. The molecule has 2 aliphatic heterocycles. The normalized spacial score (nSPS) is 60.1. The second kappa shape index (κ2) is 8.37. The fourth-order valence-corrected chi connectivity index (χ4v) is 10.9. The average molecular weight is 538 g/mol. The van der Waals surface area contributed by atoms with E-state index in [-0.39, 0.29) is 36.6 Å². The van der Waals surface area contributed by atoms with Gasteiger partial charge in [-0.3, -0.25) is 9.69 Å². The summed E-state index contributed by atoms with van der Waals surface area (Å²) >= 11 is 0. The molecule has 0 spiro atoms. The fraction of sp³-hybridized carbons (Fsp3) is 0.966. The molecule has 4 aliphatic carbocycles.